The van der Waals surface area contributed by atoms with Gasteiger partial charge in [0.2, 0.25) is 5.91 Å². The monoisotopic (exact) mass is 304 g/mol. The molecule has 6 nitrogen and oxygen atoms in total. The summed E-state index contributed by atoms with van der Waals surface area (Å²) >= 11 is 0. The third-order valence-corrected chi connectivity index (χ3v) is 3.88. The molecule has 1 aliphatic rings. The molecule has 0 aromatic heterocycles. The molecule has 2 amide bonds. The van der Waals surface area contributed by atoms with Crippen LogP contribution in [0.4, 0.5) is 5.69 Å². The molecule has 118 valence electrons. The number of carbonyl (C=O) groups excluding carboxylic acids is 2. The summed E-state index contributed by atoms with van der Waals surface area (Å²) in [5, 5.41) is 14.6. The van der Waals surface area contributed by atoms with Crippen LogP contribution >= 0.6 is 0 Å². The van der Waals surface area contributed by atoms with Gasteiger partial charge in [-0.1, -0.05) is 19.4 Å². The molecule has 0 aliphatic heterocycles. The van der Waals surface area contributed by atoms with Crippen LogP contribution in [0, 0.1) is 5.92 Å². The van der Waals surface area contributed by atoms with Crippen molar-refractivity contribution in [2.45, 2.75) is 38.6 Å². The van der Waals surface area contributed by atoms with Crippen LogP contribution in [-0.4, -0.2) is 28.9 Å². The Morgan fingerprint density at radius 1 is 1.27 bits per heavy atom. The molecule has 1 aromatic rings. The van der Waals surface area contributed by atoms with Crippen LogP contribution in [0.15, 0.2) is 24.3 Å². The lowest BCUT2D eigenvalue weighted by Gasteiger charge is -2.17. The fraction of sp³-hybridized carbons (Fsp3) is 0.438. The van der Waals surface area contributed by atoms with Crippen molar-refractivity contribution in [3.05, 3.63) is 29.8 Å². The van der Waals surface area contributed by atoms with Gasteiger partial charge in [-0.25, -0.2) is 0 Å². The Morgan fingerprint density at radius 3 is 2.73 bits per heavy atom. The summed E-state index contributed by atoms with van der Waals surface area (Å²) in [6.45, 7) is 1.75. The molecule has 1 aliphatic carbocycles. The molecule has 1 saturated carbocycles. The van der Waals surface area contributed by atoms with Crippen molar-refractivity contribution in [3.8, 4) is 0 Å². The first-order chi connectivity index (χ1) is 10.5. The fourth-order valence-electron chi connectivity index (χ4n) is 2.67. The van der Waals surface area contributed by atoms with E-state index in [1.54, 1.807) is 31.2 Å². The predicted octanol–water partition coefficient (Wildman–Crippen LogP) is 2.02. The molecule has 0 spiro atoms. The van der Waals surface area contributed by atoms with Gasteiger partial charge in [0.1, 0.15) is 0 Å². The molecule has 3 N–H and O–H groups in total. The van der Waals surface area contributed by atoms with Crippen LogP contribution < -0.4 is 10.6 Å². The maximum atomic E-state index is 12.3. The number of nitrogens with one attached hydrogen (secondary N) is 2. The summed E-state index contributed by atoms with van der Waals surface area (Å²) in [6.07, 6.45) is 2.43. The topological polar surface area (TPSA) is 95.5 Å². The molecule has 0 saturated heterocycles. The van der Waals surface area contributed by atoms with Crippen molar-refractivity contribution in [3.63, 3.8) is 0 Å². The average Bonchev–Trinajstić information content (AvgIpc) is 2.95. The lowest BCUT2D eigenvalue weighted by molar-refractivity contribution is -0.142. The number of rotatable bonds is 5. The van der Waals surface area contributed by atoms with Crippen molar-refractivity contribution in [2.24, 2.45) is 5.92 Å². The molecule has 0 radical (unpaired) electrons. The third kappa shape index (κ3) is 3.84. The molecule has 1 fully saturated rings. The van der Waals surface area contributed by atoms with E-state index in [0.29, 0.717) is 30.5 Å². The Labute approximate surface area is 128 Å². The van der Waals surface area contributed by atoms with Crippen LogP contribution in [0.5, 0.6) is 0 Å². The van der Waals surface area contributed by atoms with E-state index in [9.17, 15) is 14.4 Å². The van der Waals surface area contributed by atoms with Crippen molar-refractivity contribution < 1.29 is 19.5 Å². The van der Waals surface area contributed by atoms with Gasteiger partial charge in [0.15, 0.2) is 0 Å². The SMILES string of the molecule is CCC(=O)Nc1cccc(C(=O)N[C@@H]2CCC[C@@H]2C(=O)O)c1. The van der Waals surface area contributed by atoms with Crippen molar-refractivity contribution in [2.75, 3.05) is 5.32 Å². The Bertz CT molecular complexity index is 585. The van der Waals surface area contributed by atoms with Crippen LogP contribution in [0.1, 0.15) is 43.0 Å². The highest BCUT2D eigenvalue weighted by molar-refractivity contribution is 5.97. The number of carboxylic acid groups (broad SMARTS) is 1. The molecule has 2 rings (SSSR count). The van der Waals surface area contributed by atoms with Gasteiger partial charge in [0.05, 0.1) is 5.92 Å². The predicted molar refractivity (Wildman–Crippen MR) is 81.6 cm³/mol. The molecule has 0 unspecified atom stereocenters. The van der Waals surface area contributed by atoms with Gasteiger partial charge >= 0.3 is 5.97 Å². The number of carboxylic acids is 1. The van der Waals surface area contributed by atoms with E-state index in [2.05, 4.69) is 10.6 Å². The second kappa shape index (κ2) is 7.06. The van der Waals surface area contributed by atoms with Crippen LogP contribution in [0.3, 0.4) is 0 Å². The lowest BCUT2D eigenvalue weighted by Crippen LogP contribution is -2.40. The normalized spacial score (nSPS) is 20.4. The van der Waals surface area contributed by atoms with Crippen LogP contribution in [0.25, 0.3) is 0 Å². The first kappa shape index (κ1) is 16.0. The number of anilines is 1. The number of aliphatic carboxylic acids is 1. The maximum Gasteiger partial charge on any atom is 0.308 e. The first-order valence-corrected chi connectivity index (χ1v) is 7.45. The van der Waals surface area contributed by atoms with Gasteiger partial charge in [0, 0.05) is 23.7 Å². The van der Waals surface area contributed by atoms with Gasteiger partial charge < -0.3 is 15.7 Å². The highest BCUT2D eigenvalue weighted by Crippen LogP contribution is 2.26. The lowest BCUT2D eigenvalue weighted by atomic mass is 10.0. The number of benzene rings is 1. The average molecular weight is 304 g/mol. The summed E-state index contributed by atoms with van der Waals surface area (Å²) in [5.41, 5.74) is 0.964. The van der Waals surface area contributed by atoms with Crippen molar-refractivity contribution >= 4 is 23.5 Å². The maximum absolute atomic E-state index is 12.3. The Kier molecular flexibility index (Phi) is 5.14. The zero-order chi connectivity index (χ0) is 16.1. The quantitative estimate of drug-likeness (QED) is 0.775. The molecule has 22 heavy (non-hydrogen) atoms. The van der Waals surface area contributed by atoms with E-state index in [1.807, 2.05) is 0 Å². The molecule has 0 heterocycles. The zero-order valence-corrected chi connectivity index (χ0v) is 12.5. The van der Waals surface area contributed by atoms with E-state index in [0.717, 1.165) is 6.42 Å². The molecular formula is C16H20N2O4. The second-order valence-corrected chi connectivity index (χ2v) is 5.44. The van der Waals surface area contributed by atoms with E-state index >= 15 is 0 Å². The minimum absolute atomic E-state index is 0.126. The smallest absolute Gasteiger partial charge is 0.308 e. The minimum atomic E-state index is -0.869. The summed E-state index contributed by atoms with van der Waals surface area (Å²) in [7, 11) is 0. The number of hydrogen-bond donors (Lipinski definition) is 3. The van der Waals surface area contributed by atoms with Crippen molar-refractivity contribution in [1.29, 1.82) is 0 Å². The summed E-state index contributed by atoms with van der Waals surface area (Å²) in [4.78, 5) is 34.8. The summed E-state index contributed by atoms with van der Waals surface area (Å²) < 4.78 is 0. The van der Waals surface area contributed by atoms with Crippen molar-refractivity contribution in [1.82, 2.24) is 5.32 Å². The molecule has 0 bridgehead atoms. The minimum Gasteiger partial charge on any atom is -0.481 e. The van der Waals surface area contributed by atoms with E-state index < -0.39 is 11.9 Å². The molecule has 1 aromatic carbocycles. The number of hydrogen-bond acceptors (Lipinski definition) is 3. The molecular weight excluding hydrogens is 284 g/mol. The zero-order valence-electron chi connectivity index (χ0n) is 12.5. The Balaban J connectivity index is 2.05. The first-order valence-electron chi connectivity index (χ1n) is 7.45. The largest absolute Gasteiger partial charge is 0.481 e. The summed E-state index contributed by atoms with van der Waals surface area (Å²) in [5.74, 6) is -1.83. The Morgan fingerprint density at radius 2 is 2.05 bits per heavy atom. The van der Waals surface area contributed by atoms with Gasteiger partial charge in [-0.3, -0.25) is 14.4 Å². The fourth-order valence-corrected chi connectivity index (χ4v) is 2.67. The highest BCUT2D eigenvalue weighted by Gasteiger charge is 2.33. The van der Waals surface area contributed by atoms with Crippen LogP contribution in [0.2, 0.25) is 0 Å². The number of carbonyl (C=O) groups is 3. The highest BCUT2D eigenvalue weighted by atomic mass is 16.4. The van der Waals surface area contributed by atoms with Gasteiger partial charge in [-0.15, -0.1) is 0 Å². The second-order valence-electron chi connectivity index (χ2n) is 5.44. The van der Waals surface area contributed by atoms with Gasteiger partial charge in [-0.2, -0.15) is 0 Å². The molecule has 2 atom stereocenters. The molecule has 6 heteroatoms. The van der Waals surface area contributed by atoms with Crippen LogP contribution in [-0.2, 0) is 9.59 Å². The van der Waals surface area contributed by atoms with Gasteiger partial charge in [-0.05, 0) is 31.0 Å². The summed E-state index contributed by atoms with van der Waals surface area (Å²) in [6, 6.07) is 6.29. The Hall–Kier alpha value is -2.37. The number of amides is 2. The van der Waals surface area contributed by atoms with E-state index in [1.165, 1.54) is 0 Å². The van der Waals surface area contributed by atoms with Gasteiger partial charge in [0.25, 0.3) is 5.91 Å². The third-order valence-electron chi connectivity index (χ3n) is 3.88. The van der Waals surface area contributed by atoms with E-state index in [-0.39, 0.29) is 17.9 Å². The standard InChI is InChI=1S/C16H20N2O4/c1-2-14(19)17-11-6-3-5-10(9-11)15(20)18-13-8-4-7-12(13)16(21)22/h3,5-6,9,12-13H,2,4,7-8H2,1H3,(H,17,19)(H,18,20)(H,21,22)/t12-,13+/m0/s1. The van der Waals surface area contributed by atoms with E-state index in [4.69, 9.17) is 5.11 Å².